The molecule has 10 aliphatic carbocycles. The zero-order valence-corrected chi connectivity index (χ0v) is 60.0. The molecule has 4 unspecified atom stereocenters. The first-order chi connectivity index (χ1) is 43.5. The molecule has 11 heteroatoms. The van der Waals surface area contributed by atoms with E-state index >= 15 is 0 Å². The number of nitrogens with one attached hydrogen (secondary N) is 1. The standard InChI is InChI=1S/C41H58N2O3.C30H48O3.C11H12N2O/c1-26-9-11-27(12-10-26)31-23-28(46-43-31)25-42-35(45)38(5)20-19-37(4)21-22-40(7)29(30(37)24-38)13-14-33-39(6)17-16-34(44)36(2,3)32(39)15-18-41(33,40)8;1-25(2)21-10-13-30(7)22(28(21,5)12-11-23(25)31)9-8-19-20-18-27(4,24(32)33)15-14-26(20,3)16-17-29(19,30)6;1-8-2-4-9(5-3-8)11-6-10(7-12)14-13-11/h9-13,23,30,32-34,44H,14-22,24-25H2,1-8H3,(H,42,45);8,20-23,31H,9-18H2,1-7H3,(H,32,33);2-6H,7,12H2,1H3/t30-,32?,33?,34-,37+,38-,39-,40+,41+;20-,21?,22?,23-,26+,27-,28-,29+,30+;/m00./s1. The highest BCUT2D eigenvalue weighted by molar-refractivity contribution is 5.82. The summed E-state index contributed by atoms with van der Waals surface area (Å²) in [5.74, 6) is 4.19. The summed E-state index contributed by atoms with van der Waals surface area (Å²) < 4.78 is 10.7. The molecule has 10 aliphatic rings. The van der Waals surface area contributed by atoms with Gasteiger partial charge >= 0.3 is 5.97 Å². The first-order valence-corrected chi connectivity index (χ1v) is 36.5. The van der Waals surface area contributed by atoms with Crippen LogP contribution < -0.4 is 11.1 Å². The van der Waals surface area contributed by atoms with Gasteiger partial charge in [-0.2, -0.15) is 0 Å². The third-order valence-electron chi connectivity index (χ3n) is 31.1. The van der Waals surface area contributed by atoms with Gasteiger partial charge in [0.2, 0.25) is 5.91 Å². The molecule has 0 spiro atoms. The van der Waals surface area contributed by atoms with Gasteiger partial charge in [0.1, 0.15) is 11.4 Å². The second-order valence-electron chi connectivity index (χ2n) is 36.6. The highest BCUT2D eigenvalue weighted by Crippen LogP contribution is 2.78. The number of rotatable bonds is 7. The van der Waals surface area contributed by atoms with Crippen molar-refractivity contribution >= 4 is 11.9 Å². The maximum absolute atomic E-state index is 14.0. The Morgan fingerprint density at radius 2 is 0.914 bits per heavy atom. The third kappa shape index (κ3) is 10.8. The summed E-state index contributed by atoms with van der Waals surface area (Å²) in [6, 6.07) is 20.2. The number of nitrogens with zero attached hydrogens (tertiary/aromatic N) is 2. The van der Waals surface area contributed by atoms with E-state index in [0.29, 0.717) is 60.1 Å². The van der Waals surface area contributed by atoms with Crippen molar-refractivity contribution in [3.8, 4) is 22.5 Å². The number of carbonyl (C=O) groups is 2. The van der Waals surface area contributed by atoms with E-state index in [-0.39, 0.29) is 72.3 Å². The van der Waals surface area contributed by atoms with Crippen molar-refractivity contribution in [3.05, 3.63) is 107 Å². The van der Waals surface area contributed by atoms with Gasteiger partial charge in [-0.15, -0.1) is 0 Å². The minimum atomic E-state index is -0.603. The van der Waals surface area contributed by atoms with Gasteiger partial charge in [-0.25, -0.2) is 0 Å². The van der Waals surface area contributed by atoms with Gasteiger partial charge in [-0.05, 0) is 239 Å². The smallest absolute Gasteiger partial charge is 0.309 e. The molecule has 11 nitrogen and oxygen atoms in total. The molecule has 0 radical (unpaired) electrons. The summed E-state index contributed by atoms with van der Waals surface area (Å²) in [6.45, 7) is 38.9. The highest BCUT2D eigenvalue weighted by atomic mass is 16.5. The number of aliphatic hydroxyl groups excluding tert-OH is 2. The van der Waals surface area contributed by atoms with Crippen LogP contribution in [0.1, 0.15) is 248 Å². The second kappa shape index (κ2) is 23.4. The van der Waals surface area contributed by atoms with Crippen LogP contribution in [0.15, 0.2) is 93.0 Å². The lowest BCUT2D eigenvalue weighted by Gasteiger charge is -2.71. The van der Waals surface area contributed by atoms with Gasteiger partial charge in [0.15, 0.2) is 11.5 Å². The van der Waals surface area contributed by atoms with Gasteiger partial charge in [0.05, 0.1) is 30.7 Å². The average Bonchev–Trinajstić information content (AvgIpc) is 0.853. The van der Waals surface area contributed by atoms with Crippen molar-refractivity contribution in [1.82, 2.24) is 15.6 Å². The fourth-order valence-electron chi connectivity index (χ4n) is 24.0. The average molecular weight is 1270 g/mol. The number of aromatic nitrogens is 2. The van der Waals surface area contributed by atoms with Gasteiger partial charge < -0.3 is 35.4 Å². The van der Waals surface area contributed by atoms with Crippen LogP contribution in [-0.4, -0.2) is 49.7 Å². The summed E-state index contributed by atoms with van der Waals surface area (Å²) in [7, 11) is 0. The Balaban J connectivity index is 0.000000153. The number of aliphatic carboxylic acids is 1. The normalized spacial score (nSPS) is 42.4. The molecule has 4 aromatic rings. The van der Waals surface area contributed by atoms with Crippen LogP contribution in [0.2, 0.25) is 0 Å². The topological polar surface area (TPSA) is 185 Å². The van der Waals surface area contributed by atoms with Crippen LogP contribution in [0.3, 0.4) is 0 Å². The largest absolute Gasteiger partial charge is 0.481 e. The van der Waals surface area contributed by atoms with E-state index in [9.17, 15) is 24.9 Å². The Morgan fingerprint density at radius 1 is 0.516 bits per heavy atom. The molecule has 6 N–H and O–H groups in total. The summed E-state index contributed by atoms with van der Waals surface area (Å²) in [5, 5.41) is 43.5. The Labute approximate surface area is 558 Å². The Bertz CT molecular complexity index is 3520. The van der Waals surface area contributed by atoms with Crippen LogP contribution in [0.4, 0.5) is 0 Å². The molecule has 0 saturated heterocycles. The van der Waals surface area contributed by atoms with Gasteiger partial charge in [0, 0.05) is 28.7 Å². The number of aliphatic hydroxyl groups is 2. The van der Waals surface area contributed by atoms with Crippen molar-refractivity contribution in [2.45, 2.75) is 264 Å². The van der Waals surface area contributed by atoms with Crippen molar-refractivity contribution in [1.29, 1.82) is 0 Å². The van der Waals surface area contributed by atoms with Gasteiger partial charge in [0.25, 0.3) is 0 Å². The minimum absolute atomic E-state index is 0.0168. The fraction of sp³-hybridized carbons (Fsp3) is 0.707. The fourth-order valence-corrected chi connectivity index (χ4v) is 24.0. The predicted octanol–water partition coefficient (Wildman–Crippen LogP) is 18.8. The molecule has 14 rings (SSSR count). The van der Waals surface area contributed by atoms with E-state index in [4.69, 9.17) is 14.8 Å². The maximum Gasteiger partial charge on any atom is 0.309 e. The lowest BCUT2D eigenvalue weighted by atomic mass is 9.33. The van der Waals surface area contributed by atoms with E-state index < -0.39 is 16.8 Å². The van der Waals surface area contributed by atoms with Gasteiger partial charge in [-0.1, -0.05) is 183 Å². The molecule has 0 aliphatic heterocycles. The number of carboxylic acid groups (broad SMARTS) is 1. The number of benzene rings is 2. The highest BCUT2D eigenvalue weighted by Gasteiger charge is 2.70. The number of aryl methyl sites for hydroxylation is 2. The molecule has 2 aromatic carbocycles. The quantitative estimate of drug-likeness (QED) is 0.112. The van der Waals surface area contributed by atoms with Crippen molar-refractivity contribution in [2.75, 3.05) is 0 Å². The molecule has 93 heavy (non-hydrogen) atoms. The van der Waals surface area contributed by atoms with Crippen LogP contribution in [0, 0.1) is 114 Å². The SMILES string of the molecule is CC1(C)C2CC[C@]3(C)C(CC=C4[C@@H]5C[C@@](C)(C(=O)O)CC[C@]5(C)CC[C@]43C)[C@@]2(C)CC[C@@H]1O.Cc1ccc(-c2cc(CN)on2)cc1.Cc1ccc(-c2cc(CNC(=O)[C@@]3(C)CC[C@]4(C)CC[C@]5(C)C(=CCC6[C@@]7(C)CC[C@H](O)C(C)(C)C7CC[C@]65C)[C@@H]4C3)on2)cc1. The van der Waals surface area contributed by atoms with E-state index in [0.717, 1.165) is 99.6 Å². The molecule has 18 atom stereocenters. The Kier molecular flexibility index (Phi) is 17.2. The molecule has 508 valence electrons. The molecule has 2 heterocycles. The molecular formula is C82H118N4O7. The van der Waals surface area contributed by atoms with Crippen molar-refractivity contribution in [3.63, 3.8) is 0 Å². The number of hydrogen-bond acceptors (Lipinski definition) is 9. The first kappa shape index (κ1) is 68.1. The molecule has 1 amide bonds. The zero-order valence-electron chi connectivity index (χ0n) is 60.0. The molecule has 2 aromatic heterocycles. The summed E-state index contributed by atoms with van der Waals surface area (Å²) in [5.41, 5.74) is 15.7. The van der Waals surface area contributed by atoms with Gasteiger partial charge in [-0.3, -0.25) is 9.59 Å². The molecule has 0 bridgehead atoms. The van der Waals surface area contributed by atoms with Crippen LogP contribution >= 0.6 is 0 Å². The summed E-state index contributed by atoms with van der Waals surface area (Å²) >= 11 is 0. The van der Waals surface area contributed by atoms with E-state index in [1.165, 1.54) is 62.5 Å². The molecule has 8 saturated carbocycles. The number of carboxylic acids is 1. The maximum atomic E-state index is 14.0. The van der Waals surface area contributed by atoms with Crippen LogP contribution in [0.5, 0.6) is 0 Å². The predicted molar refractivity (Wildman–Crippen MR) is 371 cm³/mol. The lowest BCUT2D eigenvalue weighted by molar-refractivity contribution is -0.203. The third-order valence-corrected chi connectivity index (χ3v) is 31.1. The molecule has 8 fully saturated rings. The number of allylic oxidation sites excluding steroid dienone is 4. The van der Waals surface area contributed by atoms with Crippen molar-refractivity contribution < 1.29 is 34.0 Å². The monoisotopic (exact) mass is 1270 g/mol. The first-order valence-electron chi connectivity index (χ1n) is 36.5. The summed E-state index contributed by atoms with van der Waals surface area (Å²) in [4.78, 5) is 26.2. The van der Waals surface area contributed by atoms with Crippen LogP contribution in [-0.2, 0) is 22.7 Å². The number of fused-ring (bicyclic) bond motifs is 14. The minimum Gasteiger partial charge on any atom is -0.481 e. The van der Waals surface area contributed by atoms with Crippen molar-refractivity contribution in [2.24, 2.45) is 106 Å². The molecular weight excluding hydrogens is 1150 g/mol. The number of nitrogens with two attached hydrogens (primary N) is 1. The zero-order chi connectivity index (χ0) is 67.1. The lowest BCUT2D eigenvalue weighted by Crippen LogP contribution is -2.64. The number of amides is 1. The van der Waals surface area contributed by atoms with E-state index in [1.807, 2.05) is 43.3 Å². The Hall–Kier alpha value is -4.84. The second-order valence-corrected chi connectivity index (χ2v) is 36.6. The number of hydrogen-bond donors (Lipinski definition) is 5. The van der Waals surface area contributed by atoms with E-state index in [2.05, 4.69) is 156 Å². The summed E-state index contributed by atoms with van der Waals surface area (Å²) in [6.07, 6.45) is 26.8. The van der Waals surface area contributed by atoms with Crippen LogP contribution in [0.25, 0.3) is 22.5 Å². The number of carbonyl (C=O) groups excluding carboxylic acids is 1. The Morgan fingerprint density at radius 3 is 1.33 bits per heavy atom. The van der Waals surface area contributed by atoms with E-state index in [1.54, 1.807) is 11.1 Å².